The van der Waals surface area contributed by atoms with Crippen molar-refractivity contribution in [1.29, 1.82) is 0 Å². The largest absolute Gasteiger partial charge is 0.466 e. The summed E-state index contributed by atoms with van der Waals surface area (Å²) in [5.41, 5.74) is -0.145. The number of fused-ring (bicyclic) bond motifs is 6. The second-order valence-electron chi connectivity index (χ2n) is 11.8. The van der Waals surface area contributed by atoms with Crippen LogP contribution in [0.2, 0.25) is 0 Å². The van der Waals surface area contributed by atoms with Crippen LogP contribution in [0.4, 0.5) is 4.79 Å². The lowest BCUT2D eigenvalue weighted by atomic mass is 9.43. The van der Waals surface area contributed by atoms with E-state index in [1.807, 2.05) is 6.92 Å². The van der Waals surface area contributed by atoms with E-state index in [-0.39, 0.29) is 35.4 Å². The number of hydrogen-bond acceptors (Lipinski definition) is 5. The highest BCUT2D eigenvalue weighted by Crippen LogP contribution is 2.68. The minimum atomic E-state index is -1.66. The molecule has 1 aliphatic heterocycles. The van der Waals surface area contributed by atoms with Crippen molar-refractivity contribution < 1.29 is 23.8 Å². The summed E-state index contributed by atoms with van der Waals surface area (Å²) >= 11 is 17.4. The van der Waals surface area contributed by atoms with Crippen LogP contribution >= 0.6 is 34.8 Å². The second-order valence-corrected chi connectivity index (χ2v) is 14.3. The van der Waals surface area contributed by atoms with E-state index in [0.717, 1.165) is 38.5 Å². The molecular weight excluding hydrogens is 501 g/mol. The van der Waals surface area contributed by atoms with Crippen molar-refractivity contribution in [3.8, 4) is 0 Å². The Balaban J connectivity index is 1.44. The number of esters is 1. The van der Waals surface area contributed by atoms with E-state index in [9.17, 15) is 9.59 Å². The zero-order valence-corrected chi connectivity index (χ0v) is 22.4. The molecule has 10 atom stereocenters. The fraction of sp³-hybridized carbons (Fsp3) is 0.920. The Morgan fingerprint density at radius 1 is 1.03 bits per heavy atom. The molecule has 1 saturated heterocycles. The van der Waals surface area contributed by atoms with Gasteiger partial charge in [-0.05, 0) is 86.4 Å². The van der Waals surface area contributed by atoms with Gasteiger partial charge >= 0.3 is 12.1 Å². The van der Waals surface area contributed by atoms with Crippen molar-refractivity contribution in [3.63, 3.8) is 0 Å². The summed E-state index contributed by atoms with van der Waals surface area (Å²) in [7, 11) is 0. The maximum atomic E-state index is 13.0. The van der Waals surface area contributed by atoms with Gasteiger partial charge in [-0.15, -0.1) is 0 Å². The standard InChI is InChI=1S/C25H36Cl3NO5/c1-4-32-21(30)16-8-7-15-14-6-5-13-9-18-19(34-18)11-23(13,2)20(14)17(10-24(15,16)3)29-22(31)33-12-25(26,27)28/h13-20H,4-12H2,1-3H3,(H,29,31)/t13?,14-,15-,16?,17?,18?,19?,20-,23-,24-/m0/s1. The van der Waals surface area contributed by atoms with Gasteiger partial charge in [-0.1, -0.05) is 48.7 Å². The molecule has 4 saturated carbocycles. The Bertz CT molecular complexity index is 836. The number of epoxide rings is 1. The van der Waals surface area contributed by atoms with Crippen LogP contribution in [0.1, 0.15) is 65.7 Å². The summed E-state index contributed by atoms with van der Waals surface area (Å²) in [6.07, 6.45) is 7.27. The van der Waals surface area contributed by atoms with E-state index in [2.05, 4.69) is 19.2 Å². The molecule has 0 spiro atoms. The Labute approximate surface area is 217 Å². The smallest absolute Gasteiger partial charge is 0.407 e. The lowest BCUT2D eigenvalue weighted by Gasteiger charge is -2.62. The summed E-state index contributed by atoms with van der Waals surface area (Å²) < 4.78 is 15.1. The van der Waals surface area contributed by atoms with Crippen molar-refractivity contribution in [1.82, 2.24) is 5.32 Å². The fourth-order valence-electron chi connectivity index (χ4n) is 8.82. The number of alkyl halides is 3. The fourth-order valence-corrected chi connectivity index (χ4v) is 8.98. The van der Waals surface area contributed by atoms with Crippen LogP contribution in [0.5, 0.6) is 0 Å². The summed E-state index contributed by atoms with van der Waals surface area (Å²) in [5.74, 6) is 1.52. The molecule has 9 heteroatoms. The summed E-state index contributed by atoms with van der Waals surface area (Å²) in [4.78, 5) is 25.8. The molecule has 4 aliphatic carbocycles. The molecule has 0 aromatic rings. The van der Waals surface area contributed by atoms with Crippen LogP contribution in [0.15, 0.2) is 0 Å². The molecule has 1 amide bonds. The molecule has 5 aliphatic rings. The molecule has 0 radical (unpaired) electrons. The molecule has 5 unspecified atom stereocenters. The molecule has 6 nitrogen and oxygen atoms in total. The van der Waals surface area contributed by atoms with Gasteiger partial charge < -0.3 is 19.5 Å². The summed E-state index contributed by atoms with van der Waals surface area (Å²) in [6, 6.07) is -0.118. The normalized spacial score (nSPS) is 46.9. The third-order valence-corrected chi connectivity index (χ3v) is 10.4. The van der Waals surface area contributed by atoms with Crippen molar-refractivity contribution >= 4 is 46.9 Å². The van der Waals surface area contributed by atoms with E-state index in [1.165, 1.54) is 6.42 Å². The predicted molar refractivity (Wildman–Crippen MR) is 130 cm³/mol. The zero-order valence-electron chi connectivity index (χ0n) is 20.2. The summed E-state index contributed by atoms with van der Waals surface area (Å²) in [5, 5.41) is 3.18. The first-order valence-electron chi connectivity index (χ1n) is 12.8. The van der Waals surface area contributed by atoms with Gasteiger partial charge in [-0.3, -0.25) is 4.79 Å². The number of halogens is 3. The number of carbonyl (C=O) groups is 2. The number of rotatable bonds is 4. The van der Waals surface area contributed by atoms with Gasteiger partial charge in [0.05, 0.1) is 24.7 Å². The van der Waals surface area contributed by atoms with E-state index in [4.69, 9.17) is 49.0 Å². The predicted octanol–water partition coefficient (Wildman–Crippen LogP) is 5.66. The van der Waals surface area contributed by atoms with Gasteiger partial charge in [-0.2, -0.15) is 0 Å². The average molecular weight is 537 g/mol. The molecule has 0 bridgehead atoms. The SMILES string of the molecule is CCOC(=O)C1CC[C@H]2[C@@H]3CCC4CC5OC5C[C@]4(C)[C@@H]3C(NC(=O)OCC(Cl)(Cl)Cl)C[C@]12C. The topological polar surface area (TPSA) is 77.2 Å². The zero-order chi connectivity index (χ0) is 24.5. The highest BCUT2D eigenvalue weighted by molar-refractivity contribution is 6.67. The van der Waals surface area contributed by atoms with Crippen molar-refractivity contribution in [2.45, 2.75) is 87.8 Å². The molecule has 34 heavy (non-hydrogen) atoms. The number of alkyl carbamates (subject to hydrolysis) is 1. The third-order valence-electron chi connectivity index (χ3n) is 10.1. The first-order valence-corrected chi connectivity index (χ1v) is 13.9. The molecule has 5 fully saturated rings. The van der Waals surface area contributed by atoms with Crippen LogP contribution in [0, 0.1) is 40.4 Å². The number of amides is 1. The van der Waals surface area contributed by atoms with Gasteiger partial charge in [0.2, 0.25) is 3.79 Å². The lowest BCUT2D eigenvalue weighted by Crippen LogP contribution is -2.63. The number of ether oxygens (including phenoxy) is 3. The monoisotopic (exact) mass is 535 g/mol. The number of nitrogens with one attached hydrogen (secondary N) is 1. The molecule has 0 aromatic heterocycles. The van der Waals surface area contributed by atoms with Crippen LogP contribution in [-0.4, -0.2) is 47.3 Å². The Hall–Kier alpha value is -0.430. The molecule has 5 rings (SSSR count). The third kappa shape index (κ3) is 4.33. The first kappa shape index (κ1) is 25.2. The molecule has 0 aromatic carbocycles. The minimum Gasteiger partial charge on any atom is -0.466 e. The average Bonchev–Trinajstić information content (AvgIpc) is 3.39. The first-order chi connectivity index (χ1) is 16.0. The summed E-state index contributed by atoms with van der Waals surface area (Å²) in [6.45, 7) is 6.57. The van der Waals surface area contributed by atoms with Crippen LogP contribution in [-0.2, 0) is 19.0 Å². The van der Waals surface area contributed by atoms with Gasteiger partial charge in [0, 0.05) is 6.04 Å². The van der Waals surface area contributed by atoms with Gasteiger partial charge in [0.15, 0.2) is 0 Å². The minimum absolute atomic E-state index is 0.0804. The van der Waals surface area contributed by atoms with E-state index in [0.29, 0.717) is 42.5 Å². The molecule has 1 heterocycles. The van der Waals surface area contributed by atoms with Crippen molar-refractivity contribution in [2.24, 2.45) is 40.4 Å². The molecular formula is C25H36Cl3NO5. The van der Waals surface area contributed by atoms with Crippen LogP contribution < -0.4 is 5.32 Å². The van der Waals surface area contributed by atoms with Crippen molar-refractivity contribution in [3.05, 3.63) is 0 Å². The number of hydrogen-bond donors (Lipinski definition) is 1. The maximum absolute atomic E-state index is 13.0. The Kier molecular flexibility index (Phi) is 6.57. The molecule has 192 valence electrons. The van der Waals surface area contributed by atoms with E-state index < -0.39 is 9.89 Å². The maximum Gasteiger partial charge on any atom is 0.407 e. The quantitative estimate of drug-likeness (QED) is 0.285. The Morgan fingerprint density at radius 3 is 2.50 bits per heavy atom. The number of carbonyl (C=O) groups excluding carboxylic acids is 2. The van der Waals surface area contributed by atoms with E-state index >= 15 is 0 Å². The van der Waals surface area contributed by atoms with E-state index in [1.54, 1.807) is 0 Å². The van der Waals surface area contributed by atoms with Gasteiger partial charge in [0.1, 0.15) is 6.61 Å². The van der Waals surface area contributed by atoms with Gasteiger partial charge in [0.25, 0.3) is 0 Å². The van der Waals surface area contributed by atoms with Gasteiger partial charge in [-0.25, -0.2) is 4.79 Å². The van der Waals surface area contributed by atoms with Crippen molar-refractivity contribution in [2.75, 3.05) is 13.2 Å². The van der Waals surface area contributed by atoms with Crippen LogP contribution in [0.3, 0.4) is 0 Å². The second kappa shape index (κ2) is 8.85. The lowest BCUT2D eigenvalue weighted by molar-refractivity contribution is -0.160. The highest BCUT2D eigenvalue weighted by Gasteiger charge is 2.67. The highest BCUT2D eigenvalue weighted by atomic mass is 35.6. The Morgan fingerprint density at radius 2 is 1.79 bits per heavy atom. The van der Waals surface area contributed by atoms with Crippen LogP contribution in [0.25, 0.3) is 0 Å². The molecule has 1 N–H and O–H groups in total.